The Kier molecular flexibility index (Phi) is 5.37. The van der Waals surface area contributed by atoms with Crippen LogP contribution < -0.4 is 14.2 Å². The van der Waals surface area contributed by atoms with Gasteiger partial charge < -0.3 is 13.7 Å². The first-order chi connectivity index (χ1) is 13.7. The van der Waals surface area contributed by atoms with Crippen LogP contribution in [0.1, 0.15) is 26.3 Å². The predicted octanol–water partition coefficient (Wildman–Crippen LogP) is 1.53. The third-order valence-electron chi connectivity index (χ3n) is 4.00. The van der Waals surface area contributed by atoms with Gasteiger partial charge in [-0.15, -0.1) is 0 Å². The molecular weight excluding hydrogens is 402 g/mol. The molecule has 10 heteroatoms. The molecule has 0 atom stereocenters. The Morgan fingerprint density at radius 1 is 0.966 bits per heavy atom. The van der Waals surface area contributed by atoms with Crippen molar-refractivity contribution >= 4 is 34.0 Å². The number of esters is 1. The normalized spacial score (nSPS) is 13.2. The van der Waals surface area contributed by atoms with E-state index < -0.39 is 27.9 Å². The van der Waals surface area contributed by atoms with Crippen LogP contribution in [0.5, 0.6) is 11.5 Å². The lowest BCUT2D eigenvalue weighted by atomic mass is 10.1. The van der Waals surface area contributed by atoms with Crippen molar-refractivity contribution in [2.45, 2.75) is 4.90 Å². The molecule has 9 nitrogen and oxygen atoms in total. The van der Waals surface area contributed by atoms with Crippen LogP contribution in [0, 0.1) is 0 Å². The van der Waals surface area contributed by atoms with Crippen LogP contribution in [-0.2, 0) is 19.6 Å². The maximum absolute atomic E-state index is 12.6. The second-order valence-corrected chi connectivity index (χ2v) is 7.34. The molecule has 29 heavy (non-hydrogen) atoms. The quantitative estimate of drug-likeness (QED) is 0.325. The van der Waals surface area contributed by atoms with E-state index in [4.69, 9.17) is 8.92 Å². The number of carbonyl (C=O) groups is 3. The first-order valence-electron chi connectivity index (χ1n) is 8.13. The zero-order chi connectivity index (χ0) is 21.2. The monoisotopic (exact) mass is 417 g/mol. The maximum Gasteiger partial charge on any atom is 0.339 e. The number of amides is 2. The third kappa shape index (κ3) is 4.11. The second kappa shape index (κ2) is 7.76. The van der Waals surface area contributed by atoms with Gasteiger partial charge in [0.2, 0.25) is 0 Å². The van der Waals surface area contributed by atoms with E-state index in [1.807, 2.05) is 0 Å². The second-order valence-electron chi connectivity index (χ2n) is 5.79. The molecule has 1 N–H and O–H groups in total. The molecule has 3 rings (SSSR count). The lowest BCUT2D eigenvalue weighted by molar-refractivity contribution is -0.134. The minimum absolute atomic E-state index is 0.0464. The van der Waals surface area contributed by atoms with Crippen LogP contribution in [0.2, 0.25) is 0 Å². The minimum Gasteiger partial charge on any atom is -0.493 e. The highest BCUT2D eigenvalue weighted by Gasteiger charge is 2.29. The summed E-state index contributed by atoms with van der Waals surface area (Å²) >= 11 is 0. The summed E-state index contributed by atoms with van der Waals surface area (Å²) in [6.45, 7) is 0. The molecule has 0 fully saturated rings. The molecule has 0 radical (unpaired) electrons. The fourth-order valence-electron chi connectivity index (χ4n) is 2.56. The van der Waals surface area contributed by atoms with Crippen molar-refractivity contribution in [2.24, 2.45) is 0 Å². The number of nitrogens with one attached hydrogen (secondary N) is 1. The van der Waals surface area contributed by atoms with E-state index in [-0.39, 0.29) is 27.5 Å². The van der Waals surface area contributed by atoms with Gasteiger partial charge in [0.1, 0.15) is 4.90 Å². The van der Waals surface area contributed by atoms with Gasteiger partial charge in [0.15, 0.2) is 11.5 Å². The summed E-state index contributed by atoms with van der Waals surface area (Å²) in [5, 5.41) is 2.09. The highest BCUT2D eigenvalue weighted by atomic mass is 32.2. The summed E-state index contributed by atoms with van der Waals surface area (Å²) in [7, 11) is -1.74. The largest absolute Gasteiger partial charge is 0.493 e. The average molecular weight is 417 g/mol. The van der Waals surface area contributed by atoms with E-state index in [9.17, 15) is 22.8 Å². The molecule has 1 heterocycles. The molecule has 1 aliphatic rings. The Morgan fingerprint density at radius 3 is 2.38 bits per heavy atom. The van der Waals surface area contributed by atoms with Gasteiger partial charge in [0, 0.05) is 6.08 Å². The predicted molar refractivity (Wildman–Crippen MR) is 100 cm³/mol. The summed E-state index contributed by atoms with van der Waals surface area (Å²) < 4.78 is 40.1. The van der Waals surface area contributed by atoms with E-state index in [1.54, 1.807) is 0 Å². The van der Waals surface area contributed by atoms with Crippen molar-refractivity contribution in [2.75, 3.05) is 14.2 Å². The summed E-state index contributed by atoms with van der Waals surface area (Å²) in [4.78, 5) is 34.2. The molecule has 2 aromatic carbocycles. The number of methoxy groups -OCH3 is 2. The molecule has 0 aromatic heterocycles. The lowest BCUT2D eigenvalue weighted by Gasteiger charge is -2.12. The summed E-state index contributed by atoms with van der Waals surface area (Å²) in [5.41, 5.74) is 0.591. The van der Waals surface area contributed by atoms with Crippen LogP contribution in [-0.4, -0.2) is 40.4 Å². The molecule has 0 unspecified atom stereocenters. The van der Waals surface area contributed by atoms with Crippen molar-refractivity contribution in [3.05, 3.63) is 59.2 Å². The Hall–Kier alpha value is -3.66. The molecule has 0 bridgehead atoms. The van der Waals surface area contributed by atoms with Gasteiger partial charge in [-0.1, -0.05) is 6.07 Å². The van der Waals surface area contributed by atoms with Gasteiger partial charge in [-0.05, 0) is 42.0 Å². The van der Waals surface area contributed by atoms with Crippen molar-refractivity contribution in [3.63, 3.8) is 0 Å². The number of fused-ring (bicyclic) bond motifs is 1. The number of ether oxygens (including phenoxy) is 2. The fraction of sp³-hybridized carbons (Fsp3) is 0.105. The number of imide groups is 1. The third-order valence-corrected chi connectivity index (χ3v) is 5.23. The van der Waals surface area contributed by atoms with Gasteiger partial charge >= 0.3 is 16.1 Å². The first kappa shape index (κ1) is 20.1. The van der Waals surface area contributed by atoms with Crippen LogP contribution in [0.3, 0.4) is 0 Å². The number of hydrogen-bond donors (Lipinski definition) is 1. The molecule has 0 saturated heterocycles. The van der Waals surface area contributed by atoms with E-state index in [0.717, 1.165) is 6.07 Å². The minimum atomic E-state index is -4.31. The van der Waals surface area contributed by atoms with Crippen LogP contribution in [0.4, 0.5) is 0 Å². The zero-order valence-corrected chi connectivity index (χ0v) is 16.1. The topological polar surface area (TPSA) is 125 Å². The maximum atomic E-state index is 12.6. The van der Waals surface area contributed by atoms with E-state index in [0.29, 0.717) is 5.56 Å². The zero-order valence-electron chi connectivity index (χ0n) is 15.3. The Bertz CT molecular complexity index is 1150. The standard InChI is InChI=1S/C19H15NO8S/c1-26-16-9-11(4-8-17(21)27-2)3-7-15(16)28-29(24,25)12-5-6-13-14(10-12)19(23)20-18(13)22/h3-10H,1-2H3,(H,20,22,23)/b8-4+. The van der Waals surface area contributed by atoms with Crippen molar-refractivity contribution < 1.29 is 36.5 Å². The molecule has 150 valence electrons. The number of benzene rings is 2. The molecule has 0 saturated carbocycles. The highest BCUT2D eigenvalue weighted by molar-refractivity contribution is 7.87. The van der Waals surface area contributed by atoms with Crippen molar-refractivity contribution in [1.82, 2.24) is 5.32 Å². The molecular formula is C19H15NO8S. The van der Waals surface area contributed by atoms with Crippen LogP contribution in [0.25, 0.3) is 6.08 Å². The number of rotatable bonds is 6. The van der Waals surface area contributed by atoms with Gasteiger partial charge in [-0.25, -0.2) is 4.79 Å². The number of hydrogen-bond acceptors (Lipinski definition) is 8. The highest BCUT2D eigenvalue weighted by Crippen LogP contribution is 2.32. The van der Waals surface area contributed by atoms with Crippen LogP contribution >= 0.6 is 0 Å². The van der Waals surface area contributed by atoms with Gasteiger partial charge in [0.25, 0.3) is 11.8 Å². The van der Waals surface area contributed by atoms with Gasteiger partial charge in [-0.2, -0.15) is 8.42 Å². The Labute approximate surface area is 166 Å². The fourth-order valence-corrected chi connectivity index (χ4v) is 3.53. The lowest BCUT2D eigenvalue weighted by Crippen LogP contribution is -2.19. The van der Waals surface area contributed by atoms with E-state index in [1.165, 1.54) is 56.7 Å². The number of carbonyl (C=O) groups excluding carboxylic acids is 3. The van der Waals surface area contributed by atoms with Gasteiger partial charge in [-0.3, -0.25) is 14.9 Å². The molecule has 0 spiro atoms. The van der Waals surface area contributed by atoms with E-state index >= 15 is 0 Å². The van der Waals surface area contributed by atoms with Crippen LogP contribution in [0.15, 0.2) is 47.4 Å². The molecule has 2 amide bonds. The molecule has 1 aliphatic heterocycles. The van der Waals surface area contributed by atoms with E-state index in [2.05, 4.69) is 10.1 Å². The smallest absolute Gasteiger partial charge is 0.339 e. The molecule has 2 aromatic rings. The Morgan fingerprint density at radius 2 is 1.69 bits per heavy atom. The Balaban J connectivity index is 1.90. The first-order valence-corrected chi connectivity index (χ1v) is 9.54. The summed E-state index contributed by atoms with van der Waals surface area (Å²) in [6.07, 6.45) is 2.66. The molecule has 0 aliphatic carbocycles. The average Bonchev–Trinajstić information content (AvgIpc) is 3.00. The van der Waals surface area contributed by atoms with Gasteiger partial charge in [0.05, 0.1) is 25.3 Å². The summed E-state index contributed by atoms with van der Waals surface area (Å²) in [6, 6.07) is 7.83. The van der Waals surface area contributed by atoms with Crippen molar-refractivity contribution in [3.8, 4) is 11.5 Å². The summed E-state index contributed by atoms with van der Waals surface area (Å²) in [5.74, 6) is -1.81. The SMILES string of the molecule is COC(=O)/C=C/c1ccc(OS(=O)(=O)c2ccc3c(c2)C(=O)NC3=O)c(OC)c1. The van der Waals surface area contributed by atoms with Crippen molar-refractivity contribution in [1.29, 1.82) is 0 Å².